The molecule has 64 heavy (non-hydrogen) atoms. The average molecular weight is 888 g/mol. The summed E-state index contributed by atoms with van der Waals surface area (Å²) in [5.41, 5.74) is -1.66. The largest absolute Gasteiger partial charge is 0.507 e. The van der Waals surface area contributed by atoms with E-state index in [1.165, 1.54) is 65.4 Å². The number of phenolic OH excluding ortho intramolecular Hbond substituents is 2. The number of esters is 1. The molecular formula is C47H57N3O14. The number of phenols is 2. The summed E-state index contributed by atoms with van der Waals surface area (Å²) in [6.07, 6.45) is 3.38. The predicted octanol–water partition coefficient (Wildman–Crippen LogP) is 5.60. The summed E-state index contributed by atoms with van der Waals surface area (Å²) in [6.45, 7) is 13.2. The van der Waals surface area contributed by atoms with Gasteiger partial charge in [-0.15, -0.1) is 0 Å². The van der Waals surface area contributed by atoms with Crippen LogP contribution in [-0.4, -0.2) is 113 Å². The van der Waals surface area contributed by atoms with Crippen molar-refractivity contribution in [3.05, 3.63) is 69.6 Å². The number of rotatable bonds is 6. The van der Waals surface area contributed by atoms with Crippen LogP contribution in [0.1, 0.15) is 64.4 Å². The van der Waals surface area contributed by atoms with Crippen molar-refractivity contribution in [2.45, 2.75) is 85.6 Å². The Hall–Kier alpha value is -6.01. The van der Waals surface area contributed by atoms with Crippen molar-refractivity contribution in [2.24, 2.45) is 23.7 Å². The summed E-state index contributed by atoms with van der Waals surface area (Å²) in [5.74, 6) is -7.88. The van der Waals surface area contributed by atoms with Crippen LogP contribution in [0, 0.1) is 30.6 Å². The first-order valence-corrected chi connectivity index (χ1v) is 21.0. The van der Waals surface area contributed by atoms with E-state index in [0.29, 0.717) is 6.54 Å². The third-order valence-corrected chi connectivity index (χ3v) is 12.2. The zero-order chi connectivity index (χ0) is 47.1. The Morgan fingerprint density at radius 2 is 1.69 bits per heavy atom. The van der Waals surface area contributed by atoms with Crippen LogP contribution in [0.2, 0.25) is 0 Å². The molecule has 17 nitrogen and oxygen atoms in total. The van der Waals surface area contributed by atoms with E-state index in [2.05, 4.69) is 5.32 Å². The maximum absolute atomic E-state index is 14.7. The van der Waals surface area contributed by atoms with E-state index in [9.17, 15) is 39.6 Å². The Kier molecular flexibility index (Phi) is 13.8. The fourth-order valence-electron chi connectivity index (χ4n) is 8.29. The Morgan fingerprint density at radius 3 is 2.34 bits per heavy atom. The smallest absolute Gasteiger partial charge is 0.312 e. The molecule has 2 aromatic carbocycles. The van der Waals surface area contributed by atoms with Crippen molar-refractivity contribution >= 4 is 45.2 Å². The molecule has 0 fully saturated rings. The van der Waals surface area contributed by atoms with Gasteiger partial charge in [-0.05, 0) is 34.0 Å². The zero-order valence-corrected chi connectivity index (χ0v) is 37.8. The highest BCUT2D eigenvalue weighted by atomic mass is 16.7. The SMILES string of the molecule is CO[C@H]1/C=C/O[C@@]2(C)Oc3c(C)c(O)c4c(=O)c(c5oc6cc(OCCN(C)C)cc(O)c6nc-5c4c3C2=O)NC(=O)/C(C)=C\C=C\[C@H](C)[C@H](O)[C@@H](C)[C@@H](O)[C@@H](C)[C@H](OC(C)=O)[C@@H]1C. The molecule has 1 aliphatic carbocycles. The van der Waals surface area contributed by atoms with Gasteiger partial charge >= 0.3 is 11.8 Å². The van der Waals surface area contributed by atoms with Gasteiger partial charge in [-0.1, -0.05) is 45.9 Å². The van der Waals surface area contributed by atoms with Crippen LogP contribution >= 0.6 is 0 Å². The number of aromatic hydroxyl groups is 2. The molecule has 1 amide bonds. The molecule has 3 heterocycles. The normalized spacial score (nSPS) is 28.8. The van der Waals surface area contributed by atoms with E-state index in [-0.39, 0.29) is 73.9 Å². The van der Waals surface area contributed by atoms with Crippen molar-refractivity contribution in [2.75, 3.05) is 39.7 Å². The minimum atomic E-state index is -2.09. The highest BCUT2D eigenvalue weighted by Gasteiger charge is 2.50. The first kappa shape index (κ1) is 47.5. The number of carbonyl (C=O) groups is 3. The van der Waals surface area contributed by atoms with Gasteiger partial charge in [0.25, 0.3) is 11.7 Å². The van der Waals surface area contributed by atoms with Gasteiger partial charge < -0.3 is 58.7 Å². The highest BCUT2D eigenvalue weighted by molar-refractivity contribution is 6.22. The van der Waals surface area contributed by atoms with Gasteiger partial charge in [0.1, 0.15) is 52.6 Å². The summed E-state index contributed by atoms with van der Waals surface area (Å²) in [4.78, 5) is 62.3. The molecule has 4 bridgehead atoms. The Balaban J connectivity index is 1.59. The summed E-state index contributed by atoms with van der Waals surface area (Å²) in [7, 11) is 5.17. The molecule has 17 heteroatoms. The van der Waals surface area contributed by atoms with Gasteiger partial charge in [-0.2, -0.15) is 0 Å². The zero-order valence-electron chi connectivity index (χ0n) is 37.8. The first-order chi connectivity index (χ1) is 30.1. The third-order valence-electron chi connectivity index (χ3n) is 12.2. The fraction of sp³-hybridized carbons (Fsp3) is 0.468. The molecule has 0 saturated heterocycles. The standard InChI is InChI=1S/C47H57N3O14/c1-21-13-12-14-22(2)46(58)49-37-41(56)33-32(36-44(37)63-31-20-28(60-18-16-50(9)10)19-29(52)35(31)48-36)34-43(26(6)40(33)55)64-47(8,45(34)57)61-17-15-30(59-11)23(3)42(62-27(7)51)25(5)39(54)24(4)38(21)53/h12-15,17,19-21,23-25,30,38-39,42,52-55H,16,18H2,1-11H3,(H,49,58)/b13-12+,17-15+,22-14-/t21-,23+,24+,25+,30-,38-,39+,42+,47-/m0/s1. The lowest BCUT2D eigenvalue weighted by atomic mass is 9.78. The number of ketones is 1. The number of aliphatic hydroxyl groups excluding tert-OH is 2. The number of nitrogens with one attached hydrogen (secondary N) is 1. The molecule has 0 saturated carbocycles. The Labute approximate surface area is 370 Å². The molecule has 0 radical (unpaired) electrons. The molecule has 0 unspecified atom stereocenters. The highest BCUT2D eigenvalue weighted by Crippen LogP contribution is 2.51. The minimum Gasteiger partial charge on any atom is -0.507 e. The number of aromatic nitrogens is 1. The second-order valence-electron chi connectivity index (χ2n) is 17.2. The molecule has 0 spiro atoms. The number of hydrogen-bond acceptors (Lipinski definition) is 16. The van der Waals surface area contributed by atoms with Crippen LogP contribution in [-0.2, 0) is 23.8 Å². The van der Waals surface area contributed by atoms with Crippen molar-refractivity contribution in [3.63, 3.8) is 0 Å². The lowest BCUT2D eigenvalue weighted by Gasteiger charge is -2.38. The number of methoxy groups -OCH3 is 1. The lowest BCUT2D eigenvalue weighted by molar-refractivity contribution is -0.160. The van der Waals surface area contributed by atoms with E-state index in [1.807, 2.05) is 19.0 Å². The third kappa shape index (κ3) is 8.89. The fourth-order valence-corrected chi connectivity index (χ4v) is 8.29. The van der Waals surface area contributed by atoms with Crippen LogP contribution in [0.3, 0.4) is 0 Å². The molecular weight excluding hydrogens is 831 g/mol. The Bertz CT molecular complexity index is 2600. The number of nitrogens with zero attached hydrogens (tertiary/aromatic N) is 2. The monoisotopic (exact) mass is 887 g/mol. The number of amides is 1. The van der Waals surface area contributed by atoms with E-state index >= 15 is 0 Å². The molecule has 6 rings (SSSR count). The number of carbonyl (C=O) groups excluding carboxylic acids is 3. The van der Waals surface area contributed by atoms with Crippen LogP contribution in [0.15, 0.2) is 57.5 Å². The summed E-state index contributed by atoms with van der Waals surface area (Å²) in [5, 5.41) is 48.1. The lowest BCUT2D eigenvalue weighted by Crippen LogP contribution is -2.46. The van der Waals surface area contributed by atoms with E-state index < -0.39 is 88.4 Å². The van der Waals surface area contributed by atoms with Crippen molar-refractivity contribution in [1.82, 2.24) is 9.88 Å². The van der Waals surface area contributed by atoms with Gasteiger partial charge in [-0.25, -0.2) is 4.98 Å². The van der Waals surface area contributed by atoms with Crippen molar-refractivity contribution < 1.29 is 62.9 Å². The van der Waals surface area contributed by atoms with Crippen LogP contribution in [0.4, 0.5) is 5.69 Å². The van der Waals surface area contributed by atoms with Crippen molar-refractivity contribution in [1.29, 1.82) is 0 Å². The van der Waals surface area contributed by atoms with Gasteiger partial charge in [0.15, 0.2) is 11.3 Å². The number of benzene rings is 3. The maximum atomic E-state index is 14.7. The number of hydrogen-bond donors (Lipinski definition) is 5. The average Bonchev–Trinajstić information content (AvgIpc) is 3.51. The Morgan fingerprint density at radius 1 is 0.984 bits per heavy atom. The number of Topliss-reactive ketones (excluding diaryl/α,β-unsaturated/α-hetero) is 1. The van der Waals surface area contributed by atoms with E-state index in [4.69, 9.17) is 33.1 Å². The van der Waals surface area contributed by atoms with Gasteiger partial charge in [0, 0.05) is 79.8 Å². The minimum absolute atomic E-state index is 0.0124. The number of anilines is 1. The van der Waals surface area contributed by atoms with E-state index in [1.54, 1.807) is 39.8 Å². The van der Waals surface area contributed by atoms with Gasteiger partial charge in [-0.3, -0.25) is 19.2 Å². The summed E-state index contributed by atoms with van der Waals surface area (Å²) >= 11 is 0. The predicted molar refractivity (Wildman–Crippen MR) is 237 cm³/mol. The van der Waals surface area contributed by atoms with Gasteiger partial charge in [0.2, 0.25) is 5.43 Å². The summed E-state index contributed by atoms with van der Waals surface area (Å²) < 4.78 is 36.0. The van der Waals surface area contributed by atoms with Crippen LogP contribution in [0.25, 0.3) is 33.3 Å². The van der Waals surface area contributed by atoms with Crippen LogP contribution in [0.5, 0.6) is 23.0 Å². The quantitative estimate of drug-likeness (QED) is 0.0901. The molecule has 3 aliphatic heterocycles. The van der Waals surface area contributed by atoms with Gasteiger partial charge in [0.05, 0.1) is 35.5 Å². The number of ether oxygens (including phenoxy) is 5. The maximum Gasteiger partial charge on any atom is 0.312 e. The number of allylic oxidation sites excluding steroid dienone is 2. The molecule has 2 aromatic rings. The molecule has 0 aromatic heterocycles. The molecule has 4 aliphatic rings. The number of fused-ring (bicyclic) bond motifs is 2. The van der Waals surface area contributed by atoms with Crippen molar-refractivity contribution in [3.8, 4) is 34.5 Å². The summed E-state index contributed by atoms with van der Waals surface area (Å²) in [6, 6.07) is 2.81. The number of likely N-dealkylation sites (N-methyl/N-ethyl adjacent to an activating group) is 1. The van der Waals surface area contributed by atoms with E-state index in [0.717, 1.165) is 0 Å². The molecule has 9 atom stereocenters. The molecule has 5 N–H and O–H groups in total. The second-order valence-corrected chi connectivity index (χ2v) is 17.2. The first-order valence-electron chi connectivity index (χ1n) is 21.0. The topological polar surface area (TPSA) is 237 Å². The molecule has 344 valence electrons. The number of aliphatic hydroxyl groups is 2. The second kappa shape index (κ2) is 18.6. The van der Waals surface area contributed by atoms with Crippen LogP contribution < -0.4 is 20.2 Å².